The molecular formula is C17H21NO3S. The van der Waals surface area contributed by atoms with Crippen molar-refractivity contribution in [1.82, 2.24) is 0 Å². The van der Waals surface area contributed by atoms with Crippen molar-refractivity contribution in [3.63, 3.8) is 0 Å². The van der Waals surface area contributed by atoms with E-state index in [0.29, 0.717) is 18.4 Å². The van der Waals surface area contributed by atoms with E-state index in [0.717, 1.165) is 23.1 Å². The van der Waals surface area contributed by atoms with E-state index in [4.69, 9.17) is 5.26 Å². The van der Waals surface area contributed by atoms with Gasteiger partial charge in [-0.1, -0.05) is 6.42 Å². The van der Waals surface area contributed by atoms with E-state index in [2.05, 4.69) is 6.07 Å². The molecule has 2 atom stereocenters. The van der Waals surface area contributed by atoms with Crippen molar-refractivity contribution in [3.05, 3.63) is 34.4 Å². The van der Waals surface area contributed by atoms with E-state index in [1.165, 1.54) is 0 Å². The summed E-state index contributed by atoms with van der Waals surface area (Å²) in [5.41, 5.74) is 2.04. The Morgan fingerprint density at radius 3 is 2.14 bits per heavy atom. The van der Waals surface area contributed by atoms with Gasteiger partial charge in [-0.2, -0.15) is 5.26 Å². The van der Waals surface area contributed by atoms with Crippen LogP contribution in [-0.4, -0.2) is 24.0 Å². The van der Waals surface area contributed by atoms with Crippen molar-refractivity contribution >= 4 is 9.84 Å². The molecular weight excluding hydrogens is 298 g/mol. The summed E-state index contributed by atoms with van der Waals surface area (Å²) in [7, 11) is -3.10. The number of nitriles is 1. The lowest BCUT2D eigenvalue weighted by molar-refractivity contribution is 0.00389. The number of aliphatic hydroxyl groups is 1. The smallest absolute Gasteiger partial charge is 0.156 e. The molecule has 0 spiro atoms. The highest BCUT2D eigenvalue weighted by molar-refractivity contribution is 7.92. The molecule has 1 aromatic carbocycles. The molecule has 0 saturated carbocycles. The van der Waals surface area contributed by atoms with Crippen LogP contribution in [0.2, 0.25) is 0 Å². The van der Waals surface area contributed by atoms with Crippen LogP contribution in [0.1, 0.15) is 54.4 Å². The lowest BCUT2D eigenvalue weighted by Crippen LogP contribution is -2.50. The number of nitrogens with zero attached hydrogens (tertiary/aromatic N) is 1. The minimum absolute atomic E-state index is 0.277. The Balaban J connectivity index is 2.08. The van der Waals surface area contributed by atoms with Gasteiger partial charge in [-0.25, -0.2) is 8.42 Å². The third-order valence-corrected chi connectivity index (χ3v) is 7.90. The molecule has 2 unspecified atom stereocenters. The zero-order chi connectivity index (χ0) is 16.1. The third kappa shape index (κ3) is 2.26. The van der Waals surface area contributed by atoms with Gasteiger partial charge in [0.05, 0.1) is 27.7 Å². The second kappa shape index (κ2) is 5.07. The average molecular weight is 319 g/mol. The molecule has 2 fully saturated rings. The maximum absolute atomic E-state index is 12.4. The molecule has 0 radical (unpaired) electrons. The number of sulfone groups is 1. The molecule has 5 heteroatoms. The molecule has 4 nitrogen and oxygen atoms in total. The van der Waals surface area contributed by atoms with Gasteiger partial charge in [0.15, 0.2) is 9.84 Å². The van der Waals surface area contributed by atoms with Gasteiger partial charge in [0.1, 0.15) is 0 Å². The van der Waals surface area contributed by atoms with E-state index in [1.807, 2.05) is 13.8 Å². The molecule has 0 aliphatic carbocycles. The quantitative estimate of drug-likeness (QED) is 0.862. The molecule has 1 aromatic rings. The lowest BCUT2D eigenvalue weighted by Gasteiger charge is -2.45. The molecule has 2 saturated heterocycles. The van der Waals surface area contributed by atoms with Crippen LogP contribution in [0, 0.1) is 25.2 Å². The highest BCUT2D eigenvalue weighted by Crippen LogP contribution is 2.47. The minimum Gasteiger partial charge on any atom is -0.385 e. The Labute approximate surface area is 131 Å². The van der Waals surface area contributed by atoms with Crippen molar-refractivity contribution in [1.29, 1.82) is 5.26 Å². The number of hydrogen-bond donors (Lipinski definition) is 1. The fourth-order valence-electron chi connectivity index (χ4n) is 4.41. The molecule has 2 bridgehead atoms. The van der Waals surface area contributed by atoms with E-state index < -0.39 is 25.9 Å². The predicted molar refractivity (Wildman–Crippen MR) is 84.1 cm³/mol. The van der Waals surface area contributed by atoms with Gasteiger partial charge in [-0.15, -0.1) is 0 Å². The Hall–Kier alpha value is -1.38. The van der Waals surface area contributed by atoms with Crippen LogP contribution in [0.15, 0.2) is 12.1 Å². The van der Waals surface area contributed by atoms with Crippen molar-refractivity contribution < 1.29 is 13.5 Å². The number of rotatable bonds is 1. The first-order chi connectivity index (χ1) is 10.3. The van der Waals surface area contributed by atoms with Crippen molar-refractivity contribution in [2.45, 2.75) is 62.1 Å². The van der Waals surface area contributed by atoms with Crippen LogP contribution in [0.3, 0.4) is 0 Å². The first kappa shape index (κ1) is 15.5. The van der Waals surface area contributed by atoms with Gasteiger partial charge in [-0.3, -0.25) is 0 Å². The van der Waals surface area contributed by atoms with E-state index >= 15 is 0 Å². The Morgan fingerprint density at radius 2 is 1.68 bits per heavy atom. The maximum Gasteiger partial charge on any atom is 0.156 e. The predicted octanol–water partition coefficient (Wildman–Crippen LogP) is 2.49. The fraction of sp³-hybridized carbons (Fsp3) is 0.588. The van der Waals surface area contributed by atoms with Crippen LogP contribution in [-0.2, 0) is 15.4 Å². The normalized spacial score (nSPS) is 33.2. The van der Waals surface area contributed by atoms with Gasteiger partial charge in [0.2, 0.25) is 0 Å². The number of benzene rings is 1. The summed E-state index contributed by atoms with van der Waals surface area (Å²) in [4.78, 5) is 0. The SMILES string of the molecule is Cc1cc(C#N)cc(C)c1C1(O)CC2CCCC(C1)S2(=O)=O. The van der Waals surface area contributed by atoms with Crippen molar-refractivity contribution in [2.24, 2.45) is 0 Å². The maximum atomic E-state index is 12.4. The number of aryl methyl sites for hydroxylation is 2. The van der Waals surface area contributed by atoms with Crippen molar-refractivity contribution in [2.75, 3.05) is 0 Å². The largest absolute Gasteiger partial charge is 0.385 e. The fourth-order valence-corrected chi connectivity index (χ4v) is 6.96. The van der Waals surface area contributed by atoms with Gasteiger partial charge in [0.25, 0.3) is 0 Å². The zero-order valence-electron chi connectivity index (χ0n) is 13.0. The number of hydrogen-bond acceptors (Lipinski definition) is 4. The Morgan fingerprint density at radius 1 is 1.18 bits per heavy atom. The Kier molecular flexibility index (Phi) is 3.58. The zero-order valence-corrected chi connectivity index (χ0v) is 13.8. The Bertz CT molecular complexity index is 718. The first-order valence-corrected chi connectivity index (χ1v) is 9.36. The van der Waals surface area contributed by atoms with Crippen molar-refractivity contribution in [3.8, 4) is 6.07 Å². The summed E-state index contributed by atoms with van der Waals surface area (Å²) in [5.74, 6) is 0. The standard InChI is InChI=1S/C17H21NO3S/c1-11-6-13(10-18)7-12(2)16(11)17(19)8-14-4-3-5-15(9-17)22(14,20)21/h6-7,14-15,19H,3-5,8-9H2,1-2H3. The second-order valence-corrected chi connectivity index (χ2v) is 9.31. The summed E-state index contributed by atoms with van der Waals surface area (Å²) in [6.07, 6.45) is 2.78. The summed E-state index contributed by atoms with van der Waals surface area (Å²) in [6, 6.07) is 5.68. The topological polar surface area (TPSA) is 78.2 Å². The molecule has 0 aromatic heterocycles. The lowest BCUT2D eigenvalue weighted by atomic mass is 9.77. The van der Waals surface area contributed by atoms with Crippen LogP contribution < -0.4 is 0 Å². The van der Waals surface area contributed by atoms with Gasteiger partial charge < -0.3 is 5.11 Å². The summed E-state index contributed by atoms with van der Waals surface area (Å²) >= 11 is 0. The molecule has 2 aliphatic heterocycles. The molecule has 1 N–H and O–H groups in total. The van der Waals surface area contributed by atoms with Gasteiger partial charge in [0, 0.05) is 0 Å². The molecule has 0 amide bonds. The third-order valence-electron chi connectivity index (χ3n) is 5.24. The highest BCUT2D eigenvalue weighted by Gasteiger charge is 2.51. The van der Waals surface area contributed by atoms with E-state index in [-0.39, 0.29) is 12.8 Å². The molecule has 2 aliphatic rings. The van der Waals surface area contributed by atoms with E-state index in [9.17, 15) is 13.5 Å². The summed E-state index contributed by atoms with van der Waals surface area (Å²) < 4.78 is 24.9. The molecule has 118 valence electrons. The molecule has 2 heterocycles. The van der Waals surface area contributed by atoms with Gasteiger partial charge >= 0.3 is 0 Å². The number of fused-ring (bicyclic) bond motifs is 2. The van der Waals surface area contributed by atoms with Crippen LogP contribution in [0.25, 0.3) is 0 Å². The summed E-state index contributed by atoms with van der Waals surface area (Å²) in [5, 5.41) is 19.5. The highest BCUT2D eigenvalue weighted by atomic mass is 32.2. The van der Waals surface area contributed by atoms with Crippen LogP contribution >= 0.6 is 0 Å². The second-order valence-electron chi connectivity index (χ2n) is 6.80. The van der Waals surface area contributed by atoms with Gasteiger partial charge in [-0.05, 0) is 68.4 Å². The monoisotopic (exact) mass is 319 g/mol. The first-order valence-electron chi connectivity index (χ1n) is 7.75. The van der Waals surface area contributed by atoms with Crippen LogP contribution in [0.5, 0.6) is 0 Å². The minimum atomic E-state index is -3.10. The average Bonchev–Trinajstić information content (AvgIpc) is 2.40. The van der Waals surface area contributed by atoms with E-state index in [1.54, 1.807) is 12.1 Å². The molecule has 22 heavy (non-hydrogen) atoms. The van der Waals surface area contributed by atoms with Crippen LogP contribution in [0.4, 0.5) is 0 Å². The summed E-state index contributed by atoms with van der Waals surface area (Å²) in [6.45, 7) is 3.78. The molecule has 3 rings (SSSR count).